The minimum absolute atomic E-state index is 0.0385. The molecular formula is C20H29FN2O4. The van der Waals surface area contributed by atoms with E-state index in [4.69, 9.17) is 9.84 Å². The number of benzene rings is 1. The van der Waals surface area contributed by atoms with Gasteiger partial charge in [0.05, 0.1) is 12.1 Å². The predicted molar refractivity (Wildman–Crippen MR) is 99.5 cm³/mol. The first-order valence-electron chi connectivity index (χ1n) is 9.57. The zero-order chi connectivity index (χ0) is 19.6. The molecule has 0 bridgehead atoms. The molecule has 3 atom stereocenters. The number of carbonyl (C=O) groups is 2. The molecule has 150 valence electrons. The number of hydrogen-bond acceptors (Lipinski definition) is 4. The van der Waals surface area contributed by atoms with Crippen molar-refractivity contribution in [3.8, 4) is 0 Å². The zero-order valence-corrected chi connectivity index (χ0v) is 15.7. The van der Waals surface area contributed by atoms with Crippen molar-refractivity contribution in [3.63, 3.8) is 0 Å². The summed E-state index contributed by atoms with van der Waals surface area (Å²) in [7, 11) is 0. The van der Waals surface area contributed by atoms with Gasteiger partial charge in [0.1, 0.15) is 12.4 Å². The maximum Gasteiger partial charge on any atom is 0.246 e. The highest BCUT2D eigenvalue weighted by Gasteiger charge is 2.35. The van der Waals surface area contributed by atoms with Crippen LogP contribution < -0.4 is 10.6 Å². The van der Waals surface area contributed by atoms with Gasteiger partial charge < -0.3 is 20.5 Å². The smallest absolute Gasteiger partial charge is 0.246 e. The van der Waals surface area contributed by atoms with E-state index in [2.05, 4.69) is 10.6 Å². The van der Waals surface area contributed by atoms with Crippen molar-refractivity contribution in [2.75, 3.05) is 19.8 Å². The van der Waals surface area contributed by atoms with E-state index in [1.54, 1.807) is 6.07 Å². The van der Waals surface area contributed by atoms with Crippen LogP contribution in [0.25, 0.3) is 0 Å². The van der Waals surface area contributed by atoms with Crippen molar-refractivity contribution >= 4 is 11.8 Å². The van der Waals surface area contributed by atoms with Gasteiger partial charge in [-0.3, -0.25) is 9.59 Å². The number of hydrogen-bond donors (Lipinski definition) is 3. The summed E-state index contributed by atoms with van der Waals surface area (Å²) in [5.41, 5.74) is 0.842. The molecule has 27 heavy (non-hydrogen) atoms. The van der Waals surface area contributed by atoms with E-state index >= 15 is 0 Å². The van der Waals surface area contributed by atoms with Crippen LogP contribution in [0.3, 0.4) is 0 Å². The first-order chi connectivity index (χ1) is 13.0. The molecule has 3 N–H and O–H groups in total. The van der Waals surface area contributed by atoms with E-state index in [0.717, 1.165) is 12.0 Å². The Morgan fingerprint density at radius 1 is 1.33 bits per heavy atom. The number of rotatable bonds is 9. The molecule has 2 amide bonds. The monoisotopic (exact) mass is 380 g/mol. The third kappa shape index (κ3) is 6.92. The van der Waals surface area contributed by atoms with Gasteiger partial charge in [-0.05, 0) is 49.8 Å². The Kier molecular flexibility index (Phi) is 8.67. The molecule has 1 aromatic carbocycles. The Labute approximate surface area is 159 Å². The van der Waals surface area contributed by atoms with E-state index in [-0.39, 0.29) is 29.8 Å². The molecule has 0 radical (unpaired) electrons. The molecule has 1 saturated carbocycles. The second-order valence-electron chi connectivity index (χ2n) is 6.92. The summed E-state index contributed by atoms with van der Waals surface area (Å²) in [5.74, 6) is -0.925. The third-order valence-corrected chi connectivity index (χ3v) is 4.79. The fraction of sp³-hybridized carbons (Fsp3) is 0.600. The lowest BCUT2D eigenvalue weighted by Crippen LogP contribution is -2.50. The first-order valence-corrected chi connectivity index (χ1v) is 9.57. The molecule has 1 aliphatic carbocycles. The number of aliphatic hydroxyl groups is 1. The quantitative estimate of drug-likeness (QED) is 0.607. The molecule has 0 aliphatic heterocycles. The Morgan fingerprint density at radius 3 is 2.85 bits per heavy atom. The van der Waals surface area contributed by atoms with Crippen molar-refractivity contribution in [2.45, 2.75) is 51.2 Å². The van der Waals surface area contributed by atoms with Crippen molar-refractivity contribution in [3.05, 3.63) is 35.6 Å². The lowest BCUT2D eigenvalue weighted by Gasteiger charge is -2.35. The van der Waals surface area contributed by atoms with E-state index < -0.39 is 12.5 Å². The highest BCUT2D eigenvalue weighted by molar-refractivity contribution is 5.79. The number of ether oxygens (including phenoxy) is 1. The Morgan fingerprint density at radius 2 is 2.15 bits per heavy atom. The summed E-state index contributed by atoms with van der Waals surface area (Å²) in [6.45, 7) is 2.45. The van der Waals surface area contributed by atoms with Gasteiger partial charge in [0, 0.05) is 19.1 Å². The summed E-state index contributed by atoms with van der Waals surface area (Å²) in [4.78, 5) is 24.0. The lowest BCUT2D eigenvalue weighted by atomic mass is 9.83. The largest absolute Gasteiger partial charge is 0.387 e. The Bertz CT molecular complexity index is 626. The molecule has 1 aliphatic rings. The van der Waals surface area contributed by atoms with Crippen molar-refractivity contribution in [1.29, 1.82) is 0 Å². The molecule has 7 heteroatoms. The molecule has 2 rings (SSSR count). The van der Waals surface area contributed by atoms with Gasteiger partial charge in [0.25, 0.3) is 0 Å². The zero-order valence-electron chi connectivity index (χ0n) is 15.7. The van der Waals surface area contributed by atoms with Crippen molar-refractivity contribution in [1.82, 2.24) is 10.6 Å². The topological polar surface area (TPSA) is 87.7 Å². The van der Waals surface area contributed by atoms with Crippen LogP contribution in [0.2, 0.25) is 0 Å². The summed E-state index contributed by atoms with van der Waals surface area (Å²) >= 11 is 0. The SMILES string of the molecule is CCCO[C@@H]1C[C@@H](C(=O)NCCc2cccc(F)c2)CC[C@H]1NC(=O)CO. The van der Waals surface area contributed by atoms with E-state index in [9.17, 15) is 14.0 Å². The van der Waals surface area contributed by atoms with Crippen LogP contribution in [0, 0.1) is 11.7 Å². The predicted octanol–water partition coefficient (Wildman–Crippen LogP) is 1.56. The number of nitrogens with one attached hydrogen (secondary N) is 2. The van der Waals surface area contributed by atoms with Gasteiger partial charge in [-0.25, -0.2) is 4.39 Å². The molecule has 0 saturated heterocycles. The van der Waals surface area contributed by atoms with Gasteiger partial charge in [-0.2, -0.15) is 0 Å². The Hall–Kier alpha value is -1.99. The number of amides is 2. The second kappa shape index (κ2) is 11.0. The molecular weight excluding hydrogens is 351 g/mol. The second-order valence-corrected chi connectivity index (χ2v) is 6.92. The van der Waals surface area contributed by atoms with Crippen LogP contribution in [0.5, 0.6) is 0 Å². The number of aliphatic hydroxyl groups excluding tert-OH is 1. The highest BCUT2D eigenvalue weighted by atomic mass is 19.1. The summed E-state index contributed by atoms with van der Waals surface area (Å²) in [6, 6.07) is 6.17. The molecule has 0 unspecified atom stereocenters. The fourth-order valence-corrected chi connectivity index (χ4v) is 3.41. The molecule has 0 spiro atoms. The van der Waals surface area contributed by atoms with Gasteiger partial charge in [-0.15, -0.1) is 0 Å². The summed E-state index contributed by atoms with van der Waals surface area (Å²) in [6.07, 6.45) is 2.98. The van der Waals surface area contributed by atoms with Crippen LogP contribution in [0.15, 0.2) is 24.3 Å². The van der Waals surface area contributed by atoms with Crippen LogP contribution >= 0.6 is 0 Å². The first kappa shape index (κ1) is 21.3. The Balaban J connectivity index is 1.84. The normalized spacial score (nSPS) is 22.3. The average molecular weight is 380 g/mol. The van der Waals surface area contributed by atoms with Crippen molar-refractivity contribution in [2.24, 2.45) is 5.92 Å². The number of carbonyl (C=O) groups excluding carboxylic acids is 2. The minimum Gasteiger partial charge on any atom is -0.387 e. The van der Waals surface area contributed by atoms with Crippen LogP contribution in [0.4, 0.5) is 4.39 Å². The van der Waals surface area contributed by atoms with Gasteiger partial charge in [0.2, 0.25) is 11.8 Å². The maximum absolute atomic E-state index is 13.2. The van der Waals surface area contributed by atoms with E-state index in [0.29, 0.717) is 38.8 Å². The van der Waals surface area contributed by atoms with Crippen LogP contribution in [-0.4, -0.2) is 48.8 Å². The van der Waals surface area contributed by atoms with E-state index in [1.807, 2.05) is 13.0 Å². The molecule has 0 heterocycles. The highest BCUT2D eigenvalue weighted by Crippen LogP contribution is 2.27. The molecule has 0 aromatic heterocycles. The standard InChI is InChI=1S/C20H29FN2O4/c1-2-10-27-18-12-15(6-7-17(18)23-19(25)13-24)20(26)22-9-8-14-4-3-5-16(21)11-14/h3-5,11,15,17-18,24H,2,6-10,12-13H2,1H3,(H,22,26)(H,23,25)/t15-,17+,18+/m0/s1. The van der Waals surface area contributed by atoms with Gasteiger partial charge in [-0.1, -0.05) is 19.1 Å². The molecule has 1 fully saturated rings. The van der Waals surface area contributed by atoms with Gasteiger partial charge >= 0.3 is 0 Å². The summed E-state index contributed by atoms with van der Waals surface area (Å²) < 4.78 is 19.0. The minimum atomic E-state index is -0.555. The summed E-state index contributed by atoms with van der Waals surface area (Å²) in [5, 5.41) is 14.6. The molecule has 1 aromatic rings. The lowest BCUT2D eigenvalue weighted by molar-refractivity contribution is -0.130. The third-order valence-electron chi connectivity index (χ3n) is 4.79. The average Bonchev–Trinajstić information content (AvgIpc) is 2.67. The van der Waals surface area contributed by atoms with Crippen molar-refractivity contribution < 1.29 is 23.8 Å². The van der Waals surface area contributed by atoms with E-state index in [1.165, 1.54) is 12.1 Å². The van der Waals surface area contributed by atoms with Gasteiger partial charge in [0.15, 0.2) is 0 Å². The maximum atomic E-state index is 13.2. The van der Waals surface area contributed by atoms with Crippen LogP contribution in [-0.2, 0) is 20.7 Å². The van der Waals surface area contributed by atoms with Crippen LogP contribution in [0.1, 0.15) is 38.2 Å². The number of halogens is 1. The molecule has 6 nitrogen and oxygen atoms in total. The fourth-order valence-electron chi connectivity index (χ4n) is 3.41.